The number of hydrogen-bond donors (Lipinski definition) is 1. The fourth-order valence-electron chi connectivity index (χ4n) is 3.55. The standard InChI is InChI=1S/C18H17BrClNO3S2/c1-24-10-18(17(21)25)15(11-2-4-12(19)5-3-11)16(18)26(22,23)14-8-6-13(20)7-9-14/h2-9,15-16H,10H2,1H3,(H2,21,25)/t15-,16+,18-/m1/s1. The van der Waals surface area contributed by atoms with Gasteiger partial charge in [-0.1, -0.05) is 51.9 Å². The molecule has 0 spiro atoms. The first-order valence-electron chi connectivity index (χ1n) is 7.79. The summed E-state index contributed by atoms with van der Waals surface area (Å²) in [5, 5.41) is -0.309. The summed E-state index contributed by atoms with van der Waals surface area (Å²) in [6, 6.07) is 13.6. The maximum Gasteiger partial charge on any atom is 0.182 e. The van der Waals surface area contributed by atoms with Gasteiger partial charge in [-0.05, 0) is 42.0 Å². The van der Waals surface area contributed by atoms with Gasteiger partial charge >= 0.3 is 0 Å². The Kier molecular flexibility index (Phi) is 5.48. The number of benzene rings is 2. The van der Waals surface area contributed by atoms with Gasteiger partial charge in [-0.2, -0.15) is 0 Å². The molecule has 0 saturated heterocycles. The Morgan fingerprint density at radius 2 is 1.81 bits per heavy atom. The minimum absolute atomic E-state index is 0.139. The molecule has 0 unspecified atom stereocenters. The largest absolute Gasteiger partial charge is 0.393 e. The predicted octanol–water partition coefficient (Wildman–Crippen LogP) is 3.96. The second kappa shape index (κ2) is 7.20. The van der Waals surface area contributed by atoms with Crippen molar-refractivity contribution in [3.8, 4) is 0 Å². The number of sulfone groups is 1. The van der Waals surface area contributed by atoms with Crippen molar-refractivity contribution < 1.29 is 13.2 Å². The first-order valence-corrected chi connectivity index (χ1v) is 10.9. The summed E-state index contributed by atoms with van der Waals surface area (Å²) < 4.78 is 32.9. The quantitative estimate of drug-likeness (QED) is 0.642. The average molecular weight is 475 g/mol. The van der Waals surface area contributed by atoms with Crippen molar-refractivity contribution in [2.24, 2.45) is 11.1 Å². The molecule has 2 N–H and O–H groups in total. The van der Waals surface area contributed by atoms with Gasteiger partial charge in [-0.25, -0.2) is 8.42 Å². The molecule has 3 atom stereocenters. The van der Waals surface area contributed by atoms with Crippen LogP contribution in [0.3, 0.4) is 0 Å². The van der Waals surface area contributed by atoms with E-state index in [1.165, 1.54) is 19.2 Å². The molecule has 26 heavy (non-hydrogen) atoms. The summed E-state index contributed by atoms with van der Waals surface area (Å²) in [7, 11) is -2.17. The predicted molar refractivity (Wildman–Crippen MR) is 110 cm³/mol. The van der Waals surface area contributed by atoms with E-state index in [-0.39, 0.29) is 22.4 Å². The maximum absolute atomic E-state index is 13.3. The van der Waals surface area contributed by atoms with Crippen LogP contribution in [0.15, 0.2) is 57.9 Å². The molecular weight excluding hydrogens is 458 g/mol. The summed E-state index contributed by atoms with van der Waals surface area (Å²) in [6.45, 7) is 0.139. The monoisotopic (exact) mass is 473 g/mol. The zero-order valence-electron chi connectivity index (χ0n) is 13.9. The molecule has 0 heterocycles. The van der Waals surface area contributed by atoms with Crippen molar-refractivity contribution >= 4 is 54.6 Å². The SMILES string of the molecule is COC[C@@]1(C(N)=S)[C@H](c2ccc(Br)cc2)[C@@H]1S(=O)(=O)c1ccc(Cl)cc1. The lowest BCUT2D eigenvalue weighted by Gasteiger charge is -2.16. The van der Waals surface area contributed by atoms with Crippen LogP contribution >= 0.6 is 39.7 Å². The number of ether oxygens (including phenoxy) is 1. The Morgan fingerprint density at radius 3 is 2.31 bits per heavy atom. The van der Waals surface area contributed by atoms with Gasteiger partial charge < -0.3 is 10.5 Å². The van der Waals surface area contributed by atoms with Crippen molar-refractivity contribution in [2.75, 3.05) is 13.7 Å². The van der Waals surface area contributed by atoms with Crippen LogP contribution in [0.4, 0.5) is 0 Å². The fraction of sp³-hybridized carbons (Fsp3) is 0.278. The molecule has 1 aliphatic rings. The molecule has 0 amide bonds. The maximum atomic E-state index is 13.3. The zero-order chi connectivity index (χ0) is 19.1. The van der Waals surface area contributed by atoms with Gasteiger partial charge in [0, 0.05) is 22.5 Å². The molecular formula is C18H17BrClNO3S2. The Morgan fingerprint density at radius 1 is 1.23 bits per heavy atom. The van der Waals surface area contributed by atoms with E-state index in [9.17, 15) is 8.42 Å². The van der Waals surface area contributed by atoms with Crippen LogP contribution in [0.1, 0.15) is 11.5 Å². The molecule has 2 aromatic carbocycles. The summed E-state index contributed by atoms with van der Waals surface area (Å²) in [5.41, 5.74) is 5.95. The molecule has 0 aliphatic heterocycles. The smallest absolute Gasteiger partial charge is 0.182 e. The van der Waals surface area contributed by atoms with Crippen molar-refractivity contribution in [3.63, 3.8) is 0 Å². The highest BCUT2D eigenvalue weighted by Gasteiger charge is 2.73. The van der Waals surface area contributed by atoms with E-state index >= 15 is 0 Å². The lowest BCUT2D eigenvalue weighted by atomic mass is 10.00. The van der Waals surface area contributed by atoms with E-state index in [1.54, 1.807) is 12.1 Å². The molecule has 8 heteroatoms. The number of hydrogen-bond acceptors (Lipinski definition) is 4. The van der Waals surface area contributed by atoms with Gasteiger partial charge in [0.2, 0.25) is 0 Å². The third-order valence-corrected chi connectivity index (χ3v) is 8.26. The van der Waals surface area contributed by atoms with Crippen LogP contribution in [0.2, 0.25) is 5.02 Å². The molecule has 2 aromatic rings. The van der Waals surface area contributed by atoms with Gasteiger partial charge in [-0.3, -0.25) is 0 Å². The molecule has 1 saturated carbocycles. The van der Waals surface area contributed by atoms with Gasteiger partial charge in [0.25, 0.3) is 0 Å². The Balaban J connectivity index is 2.11. The van der Waals surface area contributed by atoms with Crippen molar-refractivity contribution in [2.45, 2.75) is 16.1 Å². The molecule has 0 bridgehead atoms. The molecule has 1 aliphatic carbocycles. The second-order valence-electron chi connectivity index (χ2n) is 6.29. The van der Waals surface area contributed by atoms with Crippen LogP contribution < -0.4 is 5.73 Å². The van der Waals surface area contributed by atoms with Gasteiger partial charge in [0.1, 0.15) is 0 Å². The fourth-order valence-corrected chi connectivity index (χ4v) is 6.71. The lowest BCUT2D eigenvalue weighted by molar-refractivity contribution is 0.166. The second-order valence-corrected chi connectivity index (χ2v) is 10.1. The molecule has 138 valence electrons. The average Bonchev–Trinajstić information content (AvgIpc) is 3.27. The summed E-state index contributed by atoms with van der Waals surface area (Å²) in [5.74, 6) is -0.367. The van der Waals surface area contributed by atoms with Crippen LogP contribution in [0.5, 0.6) is 0 Å². The normalized spacial score (nSPS) is 25.0. The van der Waals surface area contributed by atoms with Gasteiger partial charge in [-0.15, -0.1) is 0 Å². The van der Waals surface area contributed by atoms with Crippen molar-refractivity contribution in [3.05, 3.63) is 63.6 Å². The van der Waals surface area contributed by atoms with Gasteiger partial charge in [0.05, 0.1) is 27.2 Å². The summed E-state index contributed by atoms with van der Waals surface area (Å²) in [4.78, 5) is 0.345. The van der Waals surface area contributed by atoms with Crippen LogP contribution in [0, 0.1) is 5.41 Å². The first-order chi connectivity index (χ1) is 12.2. The molecule has 0 radical (unpaired) electrons. The summed E-state index contributed by atoms with van der Waals surface area (Å²) >= 11 is 14.6. The Bertz CT molecular complexity index is 932. The van der Waals surface area contributed by atoms with Gasteiger partial charge in [0.15, 0.2) is 9.84 Å². The zero-order valence-corrected chi connectivity index (χ0v) is 17.8. The van der Waals surface area contributed by atoms with Crippen LogP contribution in [-0.2, 0) is 14.6 Å². The number of methoxy groups -OCH3 is 1. The summed E-state index contributed by atoms with van der Waals surface area (Å²) in [6.07, 6.45) is 0. The van der Waals surface area contributed by atoms with Crippen LogP contribution in [-0.4, -0.2) is 32.4 Å². The number of halogens is 2. The number of rotatable bonds is 6. The Labute approximate surface area is 171 Å². The highest BCUT2D eigenvalue weighted by molar-refractivity contribution is 9.10. The third kappa shape index (κ3) is 3.20. The highest BCUT2D eigenvalue weighted by atomic mass is 79.9. The van der Waals surface area contributed by atoms with E-state index in [2.05, 4.69) is 15.9 Å². The van der Waals surface area contributed by atoms with Crippen molar-refractivity contribution in [1.82, 2.24) is 0 Å². The Hall–Kier alpha value is -0.990. The van der Waals surface area contributed by atoms with E-state index in [0.29, 0.717) is 5.02 Å². The van der Waals surface area contributed by atoms with E-state index in [0.717, 1.165) is 10.0 Å². The highest BCUT2D eigenvalue weighted by Crippen LogP contribution is 2.64. The van der Waals surface area contributed by atoms with E-state index < -0.39 is 20.5 Å². The minimum Gasteiger partial charge on any atom is -0.393 e. The number of thiocarbonyl (C=S) groups is 1. The minimum atomic E-state index is -3.68. The molecule has 3 rings (SSSR count). The van der Waals surface area contributed by atoms with Crippen molar-refractivity contribution in [1.29, 1.82) is 0 Å². The lowest BCUT2D eigenvalue weighted by Crippen LogP contribution is -2.33. The van der Waals surface area contributed by atoms with Crippen LogP contribution in [0.25, 0.3) is 0 Å². The molecule has 4 nitrogen and oxygen atoms in total. The van der Waals surface area contributed by atoms with E-state index in [1.807, 2.05) is 24.3 Å². The topological polar surface area (TPSA) is 69.4 Å². The number of nitrogens with two attached hydrogens (primary N) is 1. The first kappa shape index (κ1) is 19.8. The van der Waals surface area contributed by atoms with E-state index in [4.69, 9.17) is 34.3 Å². The molecule has 1 fully saturated rings. The molecule has 0 aromatic heterocycles. The third-order valence-electron chi connectivity index (χ3n) is 4.80.